The highest BCUT2D eigenvalue weighted by atomic mass is 127. The van der Waals surface area contributed by atoms with E-state index in [2.05, 4.69) is 61.8 Å². The summed E-state index contributed by atoms with van der Waals surface area (Å²) in [6.07, 6.45) is 2.54. The van der Waals surface area contributed by atoms with E-state index >= 15 is 0 Å². The van der Waals surface area contributed by atoms with Gasteiger partial charge in [0.25, 0.3) is 0 Å². The Labute approximate surface area is 148 Å². The third kappa shape index (κ3) is 4.98. The maximum Gasteiger partial charge on any atom is 0.194 e. The summed E-state index contributed by atoms with van der Waals surface area (Å²) in [7, 11) is 4.07. The molecule has 1 rings (SSSR count). The van der Waals surface area contributed by atoms with Gasteiger partial charge in [-0.2, -0.15) is 0 Å². The predicted octanol–water partition coefficient (Wildman–Crippen LogP) is 3.03. The highest BCUT2D eigenvalue weighted by Gasteiger charge is 2.53. The number of guanidine groups is 1. The molecule has 126 valence electrons. The summed E-state index contributed by atoms with van der Waals surface area (Å²) in [4.78, 5) is 9.22. The summed E-state index contributed by atoms with van der Waals surface area (Å²) in [6, 6.07) is 0. The fourth-order valence-corrected chi connectivity index (χ4v) is 2.59. The van der Waals surface area contributed by atoms with Gasteiger partial charge in [-0.25, -0.2) is 0 Å². The van der Waals surface area contributed by atoms with Gasteiger partial charge in [0.05, 0.1) is 0 Å². The molecule has 1 aliphatic heterocycles. The molecule has 0 aliphatic carbocycles. The number of aliphatic imine (C=N–C) groups is 1. The van der Waals surface area contributed by atoms with Crippen molar-refractivity contribution in [2.24, 2.45) is 10.4 Å². The topological polar surface area (TPSA) is 30.9 Å². The Bertz CT molecular complexity index is 339. The van der Waals surface area contributed by atoms with Crippen LogP contribution in [0.5, 0.6) is 0 Å². The van der Waals surface area contributed by atoms with Crippen LogP contribution in [0.3, 0.4) is 0 Å². The molecular formula is C16H35IN4. The third-order valence-corrected chi connectivity index (χ3v) is 5.02. The molecule has 0 radical (unpaired) electrons. The quantitative estimate of drug-likeness (QED) is 0.415. The van der Waals surface area contributed by atoms with Gasteiger partial charge < -0.3 is 15.1 Å². The van der Waals surface area contributed by atoms with Crippen molar-refractivity contribution in [3.63, 3.8) is 0 Å². The van der Waals surface area contributed by atoms with E-state index in [4.69, 9.17) is 0 Å². The number of hydrogen-bond donors (Lipinski definition) is 1. The second kappa shape index (κ2) is 8.56. The van der Waals surface area contributed by atoms with Gasteiger partial charge in [-0.15, -0.1) is 24.0 Å². The molecule has 5 heteroatoms. The van der Waals surface area contributed by atoms with Crippen LogP contribution in [-0.2, 0) is 0 Å². The molecule has 0 spiro atoms. The van der Waals surface area contributed by atoms with Crippen molar-refractivity contribution in [3.8, 4) is 0 Å². The van der Waals surface area contributed by atoms with Crippen LogP contribution in [0, 0.1) is 5.41 Å². The van der Waals surface area contributed by atoms with Crippen molar-refractivity contribution in [1.82, 2.24) is 15.1 Å². The second-order valence-corrected chi connectivity index (χ2v) is 7.16. The summed E-state index contributed by atoms with van der Waals surface area (Å²) in [5.74, 6) is 1.04. The van der Waals surface area contributed by atoms with Crippen molar-refractivity contribution in [3.05, 3.63) is 0 Å². The molecule has 0 atom stereocenters. The molecule has 0 amide bonds. The van der Waals surface area contributed by atoms with Crippen LogP contribution < -0.4 is 5.32 Å². The zero-order valence-electron chi connectivity index (χ0n) is 15.0. The lowest BCUT2D eigenvalue weighted by Crippen LogP contribution is -2.72. The molecule has 0 bridgehead atoms. The highest BCUT2D eigenvalue weighted by molar-refractivity contribution is 14.0. The fourth-order valence-electron chi connectivity index (χ4n) is 2.59. The first-order valence-corrected chi connectivity index (χ1v) is 7.93. The summed E-state index contributed by atoms with van der Waals surface area (Å²) in [6.45, 7) is 15.8. The van der Waals surface area contributed by atoms with Crippen LogP contribution in [0.15, 0.2) is 4.99 Å². The number of hydrogen-bond acceptors (Lipinski definition) is 2. The Morgan fingerprint density at radius 2 is 1.86 bits per heavy atom. The number of likely N-dealkylation sites (N-methyl/N-ethyl adjacent to an activating group) is 1. The molecule has 0 aromatic carbocycles. The smallest absolute Gasteiger partial charge is 0.194 e. The number of likely N-dealkylation sites (tertiary alicyclic amines) is 1. The Morgan fingerprint density at radius 1 is 1.24 bits per heavy atom. The van der Waals surface area contributed by atoms with Gasteiger partial charge in [-0.3, -0.25) is 4.99 Å². The van der Waals surface area contributed by atoms with Crippen LogP contribution in [0.2, 0.25) is 0 Å². The number of nitrogens with one attached hydrogen (secondary N) is 1. The average Bonchev–Trinajstić information content (AvgIpc) is 2.39. The molecule has 21 heavy (non-hydrogen) atoms. The molecule has 0 unspecified atom stereocenters. The lowest BCUT2D eigenvalue weighted by Gasteiger charge is -2.62. The Balaban J connectivity index is 0.00000400. The van der Waals surface area contributed by atoms with E-state index in [1.54, 1.807) is 0 Å². The molecule has 1 aliphatic rings. The van der Waals surface area contributed by atoms with Crippen molar-refractivity contribution in [1.29, 1.82) is 0 Å². The maximum absolute atomic E-state index is 4.44. The SMILES string of the molecule is CCCCN(C)CCNC(=NC)N1CC(C)(C)C1(C)C.I. The van der Waals surface area contributed by atoms with E-state index in [1.807, 2.05) is 7.05 Å². The Hall–Kier alpha value is -0.0400. The van der Waals surface area contributed by atoms with Gasteiger partial charge in [0.2, 0.25) is 0 Å². The third-order valence-electron chi connectivity index (χ3n) is 5.02. The van der Waals surface area contributed by atoms with Gasteiger partial charge in [-0.05, 0) is 33.9 Å². The van der Waals surface area contributed by atoms with Gasteiger partial charge in [-0.1, -0.05) is 27.2 Å². The molecule has 1 saturated heterocycles. The average molecular weight is 410 g/mol. The van der Waals surface area contributed by atoms with Crippen LogP contribution in [0.4, 0.5) is 0 Å². The maximum atomic E-state index is 4.44. The molecule has 1 N–H and O–H groups in total. The highest BCUT2D eigenvalue weighted by Crippen LogP contribution is 2.46. The van der Waals surface area contributed by atoms with Gasteiger partial charge >= 0.3 is 0 Å². The van der Waals surface area contributed by atoms with E-state index in [1.165, 1.54) is 19.4 Å². The molecular weight excluding hydrogens is 375 g/mol. The minimum atomic E-state index is 0. The first-order valence-electron chi connectivity index (χ1n) is 7.93. The van der Waals surface area contributed by atoms with Crippen molar-refractivity contribution < 1.29 is 0 Å². The minimum Gasteiger partial charge on any atom is -0.355 e. The summed E-state index contributed by atoms with van der Waals surface area (Å²) in [5, 5.41) is 3.51. The lowest BCUT2D eigenvalue weighted by atomic mass is 9.65. The summed E-state index contributed by atoms with van der Waals surface area (Å²) < 4.78 is 0. The molecule has 0 aromatic rings. The Morgan fingerprint density at radius 3 is 2.29 bits per heavy atom. The van der Waals surface area contributed by atoms with Crippen molar-refractivity contribution in [2.75, 3.05) is 40.3 Å². The molecule has 4 nitrogen and oxygen atoms in total. The molecule has 1 heterocycles. The molecule has 1 fully saturated rings. The van der Waals surface area contributed by atoms with Crippen LogP contribution >= 0.6 is 24.0 Å². The first kappa shape index (κ1) is 21.0. The van der Waals surface area contributed by atoms with E-state index in [9.17, 15) is 0 Å². The fraction of sp³-hybridized carbons (Fsp3) is 0.938. The zero-order valence-corrected chi connectivity index (χ0v) is 17.3. The summed E-state index contributed by atoms with van der Waals surface area (Å²) >= 11 is 0. The monoisotopic (exact) mass is 410 g/mol. The molecule has 0 aromatic heterocycles. The van der Waals surface area contributed by atoms with E-state index in [0.29, 0.717) is 5.41 Å². The zero-order chi connectivity index (χ0) is 15.4. The van der Waals surface area contributed by atoms with Gasteiger partial charge in [0, 0.05) is 37.6 Å². The van der Waals surface area contributed by atoms with Crippen LogP contribution in [0.25, 0.3) is 0 Å². The van der Waals surface area contributed by atoms with Crippen LogP contribution in [0.1, 0.15) is 47.5 Å². The minimum absolute atomic E-state index is 0. The summed E-state index contributed by atoms with van der Waals surface area (Å²) in [5.41, 5.74) is 0.519. The van der Waals surface area contributed by atoms with Gasteiger partial charge in [0.1, 0.15) is 0 Å². The first-order chi connectivity index (χ1) is 9.26. The Kier molecular flexibility index (Phi) is 8.54. The second-order valence-electron chi connectivity index (χ2n) is 7.16. The molecule has 0 saturated carbocycles. The number of nitrogens with zero attached hydrogens (tertiary/aromatic N) is 3. The standard InChI is InChI=1S/C16H34N4.HI/c1-8-9-11-19(7)12-10-18-14(17-6)20-13-15(2,3)16(20,4)5;/h8-13H2,1-7H3,(H,17,18);1H. The van der Waals surface area contributed by atoms with Gasteiger partial charge in [0.15, 0.2) is 5.96 Å². The van der Waals surface area contributed by atoms with E-state index in [-0.39, 0.29) is 29.5 Å². The van der Waals surface area contributed by atoms with Crippen molar-refractivity contribution in [2.45, 2.75) is 53.0 Å². The lowest BCUT2D eigenvalue weighted by molar-refractivity contribution is -0.0667. The van der Waals surface area contributed by atoms with E-state index < -0.39 is 0 Å². The largest absolute Gasteiger partial charge is 0.355 e. The number of unbranched alkanes of at least 4 members (excludes halogenated alkanes) is 1. The predicted molar refractivity (Wildman–Crippen MR) is 104 cm³/mol. The number of halogens is 1. The van der Waals surface area contributed by atoms with Crippen LogP contribution in [-0.4, -0.2) is 61.6 Å². The van der Waals surface area contributed by atoms with Crippen molar-refractivity contribution >= 4 is 29.9 Å². The normalized spacial score (nSPS) is 20.0. The van der Waals surface area contributed by atoms with E-state index in [0.717, 1.165) is 25.6 Å². The number of rotatable bonds is 6.